The number of nitrogens with zero attached hydrogens (tertiary/aromatic N) is 6. The van der Waals surface area contributed by atoms with E-state index < -0.39 is 0 Å². The van der Waals surface area contributed by atoms with Crippen molar-refractivity contribution in [1.29, 1.82) is 0 Å². The first-order valence-corrected chi connectivity index (χ1v) is 10.6. The van der Waals surface area contributed by atoms with Gasteiger partial charge in [-0.15, -0.1) is 10.2 Å². The zero-order chi connectivity index (χ0) is 21.0. The van der Waals surface area contributed by atoms with E-state index in [1.54, 1.807) is 0 Å². The van der Waals surface area contributed by atoms with Gasteiger partial charge in [0.1, 0.15) is 6.54 Å². The van der Waals surface area contributed by atoms with Crippen LogP contribution in [-0.4, -0.2) is 62.1 Å². The van der Waals surface area contributed by atoms with E-state index in [2.05, 4.69) is 62.8 Å². The van der Waals surface area contributed by atoms with Gasteiger partial charge in [-0.05, 0) is 21.5 Å². The topological polar surface area (TPSA) is 67.2 Å². The number of hydrogen-bond acceptors (Lipinski definition) is 5. The van der Waals surface area contributed by atoms with E-state index in [-0.39, 0.29) is 12.5 Å². The summed E-state index contributed by atoms with van der Waals surface area (Å²) in [6, 6.07) is 24.6. The minimum absolute atomic E-state index is 0.0295. The second-order valence-electron chi connectivity index (χ2n) is 7.80. The van der Waals surface area contributed by atoms with Crippen LogP contribution in [0.1, 0.15) is 5.56 Å². The highest BCUT2D eigenvalue weighted by molar-refractivity contribution is 5.85. The van der Waals surface area contributed by atoms with Crippen LogP contribution in [0.5, 0.6) is 0 Å². The van der Waals surface area contributed by atoms with Crippen molar-refractivity contribution in [1.82, 2.24) is 30.0 Å². The van der Waals surface area contributed by atoms with Crippen molar-refractivity contribution < 1.29 is 4.79 Å². The molecule has 4 aromatic rings. The smallest absolute Gasteiger partial charge is 0.246 e. The number of rotatable bonds is 5. The molecule has 1 aliphatic rings. The van der Waals surface area contributed by atoms with Crippen molar-refractivity contribution in [2.24, 2.45) is 0 Å². The summed E-state index contributed by atoms with van der Waals surface area (Å²) in [6.45, 7) is 4.15. The summed E-state index contributed by atoms with van der Waals surface area (Å²) in [7, 11) is 0. The molecule has 0 bridgehead atoms. The molecule has 1 fully saturated rings. The van der Waals surface area contributed by atoms with E-state index in [9.17, 15) is 4.79 Å². The Labute approximate surface area is 180 Å². The van der Waals surface area contributed by atoms with Crippen molar-refractivity contribution in [2.75, 3.05) is 26.2 Å². The van der Waals surface area contributed by atoms with E-state index in [0.717, 1.165) is 25.2 Å². The first-order chi connectivity index (χ1) is 15.3. The van der Waals surface area contributed by atoms with Crippen molar-refractivity contribution in [3.63, 3.8) is 0 Å². The van der Waals surface area contributed by atoms with E-state index in [0.29, 0.717) is 18.9 Å². The first-order valence-electron chi connectivity index (χ1n) is 10.6. The molecule has 1 saturated heterocycles. The molecule has 7 nitrogen and oxygen atoms in total. The maximum atomic E-state index is 12.7. The van der Waals surface area contributed by atoms with Gasteiger partial charge >= 0.3 is 0 Å². The highest BCUT2D eigenvalue weighted by Gasteiger charge is 2.22. The lowest BCUT2D eigenvalue weighted by Crippen LogP contribution is -2.49. The van der Waals surface area contributed by atoms with Gasteiger partial charge in [-0.3, -0.25) is 9.69 Å². The summed E-state index contributed by atoms with van der Waals surface area (Å²) in [6.07, 6.45) is 0. The molecule has 0 unspecified atom stereocenters. The Balaban J connectivity index is 1.17. The van der Waals surface area contributed by atoms with Crippen LogP contribution >= 0.6 is 0 Å². The molecule has 1 aromatic heterocycles. The average Bonchev–Trinajstić information content (AvgIpc) is 3.29. The number of tetrazole rings is 1. The Kier molecular flexibility index (Phi) is 5.41. The number of amides is 1. The molecule has 0 saturated carbocycles. The van der Waals surface area contributed by atoms with Gasteiger partial charge in [0.25, 0.3) is 0 Å². The number of hydrogen-bond donors (Lipinski definition) is 0. The van der Waals surface area contributed by atoms with Crippen molar-refractivity contribution in [2.45, 2.75) is 13.1 Å². The summed E-state index contributed by atoms with van der Waals surface area (Å²) in [5.41, 5.74) is 2.22. The van der Waals surface area contributed by atoms with Crippen LogP contribution in [0.15, 0.2) is 72.8 Å². The molecular weight excluding hydrogens is 388 g/mol. The molecule has 7 heteroatoms. The molecule has 3 aromatic carbocycles. The van der Waals surface area contributed by atoms with Gasteiger partial charge in [-0.1, -0.05) is 72.8 Å². The van der Waals surface area contributed by atoms with Crippen LogP contribution in [0, 0.1) is 0 Å². The zero-order valence-electron chi connectivity index (χ0n) is 17.3. The fourth-order valence-corrected chi connectivity index (χ4v) is 4.06. The van der Waals surface area contributed by atoms with Crippen molar-refractivity contribution in [3.05, 3.63) is 78.4 Å². The second-order valence-corrected chi connectivity index (χ2v) is 7.80. The maximum Gasteiger partial charge on any atom is 0.246 e. The molecule has 31 heavy (non-hydrogen) atoms. The minimum atomic E-state index is 0.0295. The number of piperazine rings is 1. The quantitative estimate of drug-likeness (QED) is 0.504. The summed E-state index contributed by atoms with van der Waals surface area (Å²) < 4.78 is 0. The highest BCUT2D eigenvalue weighted by Crippen LogP contribution is 2.20. The summed E-state index contributed by atoms with van der Waals surface area (Å²) >= 11 is 0. The molecule has 0 N–H and O–H groups in total. The number of carbonyl (C=O) groups excluding carboxylic acids is 1. The SMILES string of the molecule is O=C(Cn1nnc(-c2ccccc2)n1)N1CCN(Cc2cccc3ccccc23)CC1. The van der Waals surface area contributed by atoms with Gasteiger partial charge in [0.2, 0.25) is 11.7 Å². The van der Waals surface area contributed by atoms with Crippen LogP contribution in [0.3, 0.4) is 0 Å². The molecule has 5 rings (SSSR count). The monoisotopic (exact) mass is 412 g/mol. The largest absolute Gasteiger partial charge is 0.338 e. The lowest BCUT2D eigenvalue weighted by molar-refractivity contribution is -0.134. The predicted octanol–water partition coefficient (Wildman–Crippen LogP) is 2.84. The third kappa shape index (κ3) is 4.32. The van der Waals surface area contributed by atoms with Gasteiger partial charge in [0.15, 0.2) is 0 Å². The minimum Gasteiger partial charge on any atom is -0.338 e. The fraction of sp³-hybridized carbons (Fsp3) is 0.250. The third-order valence-electron chi connectivity index (χ3n) is 5.76. The van der Waals surface area contributed by atoms with Crippen molar-refractivity contribution in [3.8, 4) is 11.4 Å². The molecule has 2 heterocycles. The first kappa shape index (κ1) is 19.4. The third-order valence-corrected chi connectivity index (χ3v) is 5.76. The van der Waals surface area contributed by atoms with Gasteiger partial charge in [0, 0.05) is 38.3 Å². The average molecular weight is 412 g/mol. The summed E-state index contributed by atoms with van der Waals surface area (Å²) in [5.74, 6) is 0.565. The standard InChI is InChI=1S/C24H24N6O/c31-23(18-30-26-24(25-27-30)20-8-2-1-3-9-20)29-15-13-28(14-16-29)17-21-11-6-10-19-7-4-5-12-22(19)21/h1-12H,13-18H2. The van der Waals surface area contributed by atoms with Crippen molar-refractivity contribution >= 4 is 16.7 Å². The van der Waals surface area contributed by atoms with Gasteiger partial charge < -0.3 is 4.90 Å². The molecular formula is C24H24N6O. The number of fused-ring (bicyclic) bond motifs is 1. The Morgan fingerprint density at radius 3 is 2.42 bits per heavy atom. The molecule has 1 amide bonds. The maximum absolute atomic E-state index is 12.7. The van der Waals surface area contributed by atoms with Gasteiger partial charge in [-0.25, -0.2) is 0 Å². The Bertz CT molecular complexity index is 1180. The summed E-state index contributed by atoms with van der Waals surface area (Å²) in [5, 5.41) is 15.0. The lowest BCUT2D eigenvalue weighted by atomic mass is 10.0. The normalized spacial score (nSPS) is 14.8. The second kappa shape index (κ2) is 8.65. The van der Waals surface area contributed by atoms with Crippen LogP contribution in [-0.2, 0) is 17.9 Å². The van der Waals surface area contributed by atoms with Crippen LogP contribution in [0.4, 0.5) is 0 Å². The molecule has 0 radical (unpaired) electrons. The molecule has 0 spiro atoms. The van der Waals surface area contributed by atoms with Gasteiger partial charge in [-0.2, -0.15) is 4.80 Å². The highest BCUT2D eigenvalue weighted by atomic mass is 16.2. The lowest BCUT2D eigenvalue weighted by Gasteiger charge is -2.34. The number of benzene rings is 3. The number of carbonyl (C=O) groups is 1. The molecule has 156 valence electrons. The Morgan fingerprint density at radius 2 is 1.58 bits per heavy atom. The predicted molar refractivity (Wildman–Crippen MR) is 119 cm³/mol. The van der Waals surface area contributed by atoms with E-state index >= 15 is 0 Å². The van der Waals surface area contributed by atoms with Gasteiger partial charge in [0.05, 0.1) is 0 Å². The van der Waals surface area contributed by atoms with E-state index in [1.807, 2.05) is 35.2 Å². The van der Waals surface area contributed by atoms with Crippen LogP contribution < -0.4 is 0 Å². The summed E-state index contributed by atoms with van der Waals surface area (Å²) in [4.78, 5) is 18.4. The Morgan fingerprint density at radius 1 is 0.839 bits per heavy atom. The fourth-order valence-electron chi connectivity index (χ4n) is 4.06. The zero-order valence-corrected chi connectivity index (χ0v) is 17.3. The molecule has 0 atom stereocenters. The van der Waals surface area contributed by atoms with E-state index in [1.165, 1.54) is 21.1 Å². The van der Waals surface area contributed by atoms with Crippen LogP contribution in [0.2, 0.25) is 0 Å². The molecule has 1 aliphatic heterocycles. The molecule has 0 aliphatic carbocycles. The van der Waals surface area contributed by atoms with Crippen LogP contribution in [0.25, 0.3) is 22.2 Å². The van der Waals surface area contributed by atoms with E-state index in [4.69, 9.17) is 0 Å². The Hall–Kier alpha value is -3.58. The number of aromatic nitrogens is 4.